The molecule has 1 aliphatic carbocycles. The fourth-order valence-corrected chi connectivity index (χ4v) is 5.05. The van der Waals surface area contributed by atoms with Gasteiger partial charge in [0.25, 0.3) is 0 Å². The molecule has 5 N–H and O–H groups in total. The lowest BCUT2D eigenvalue weighted by Crippen LogP contribution is -2.60. The predicted molar refractivity (Wildman–Crippen MR) is 106 cm³/mol. The Morgan fingerprint density at radius 1 is 1.03 bits per heavy atom. The summed E-state index contributed by atoms with van der Waals surface area (Å²) in [6.07, 6.45) is -6.67. The van der Waals surface area contributed by atoms with E-state index in [-0.39, 0.29) is 6.61 Å². The first-order valence-electron chi connectivity index (χ1n) is 10.7. The zero-order valence-corrected chi connectivity index (χ0v) is 17.4. The number of fused-ring (bicyclic) bond motifs is 3. The molecule has 11 heteroatoms. The number of esters is 1. The van der Waals surface area contributed by atoms with Crippen LogP contribution in [0.3, 0.4) is 0 Å². The van der Waals surface area contributed by atoms with Crippen molar-refractivity contribution in [3.05, 3.63) is 48.2 Å². The lowest BCUT2D eigenvalue weighted by molar-refractivity contribution is -0.344. The Kier molecular flexibility index (Phi) is 5.91. The molecule has 180 valence electrons. The normalized spacial score (nSPS) is 45.6. The fourth-order valence-electron chi connectivity index (χ4n) is 5.05. The molecule has 3 fully saturated rings. The first-order valence-corrected chi connectivity index (χ1v) is 10.7. The van der Waals surface area contributed by atoms with Gasteiger partial charge in [0, 0.05) is 5.92 Å². The van der Waals surface area contributed by atoms with E-state index in [1.807, 2.05) is 0 Å². The summed E-state index contributed by atoms with van der Waals surface area (Å²) in [5, 5.41) is 49.9. The highest BCUT2D eigenvalue weighted by atomic mass is 16.8. The maximum absolute atomic E-state index is 12.7. The molecule has 1 aromatic carbocycles. The zero-order valence-electron chi connectivity index (χ0n) is 17.4. The van der Waals surface area contributed by atoms with E-state index in [1.165, 1.54) is 6.26 Å². The lowest BCUT2D eigenvalue weighted by atomic mass is 9.85. The van der Waals surface area contributed by atoms with E-state index in [1.54, 1.807) is 36.4 Å². The number of benzene rings is 1. The van der Waals surface area contributed by atoms with Crippen LogP contribution in [-0.2, 0) is 23.7 Å². The molecular weight excluding hydrogens is 440 g/mol. The van der Waals surface area contributed by atoms with Crippen molar-refractivity contribution in [3.8, 4) is 0 Å². The van der Waals surface area contributed by atoms with Crippen molar-refractivity contribution in [3.63, 3.8) is 0 Å². The van der Waals surface area contributed by atoms with Gasteiger partial charge >= 0.3 is 5.97 Å². The van der Waals surface area contributed by atoms with E-state index in [9.17, 15) is 30.3 Å². The number of rotatable bonds is 6. The minimum Gasteiger partial charge on any atom is -0.472 e. The van der Waals surface area contributed by atoms with Crippen LogP contribution in [-0.4, -0.2) is 99.5 Å². The number of epoxide rings is 1. The monoisotopic (exact) mass is 466 g/mol. The summed E-state index contributed by atoms with van der Waals surface area (Å²) in [7, 11) is 0. The topological polar surface area (TPSA) is 168 Å². The van der Waals surface area contributed by atoms with E-state index < -0.39 is 79.2 Å². The number of hydrogen-bond donors (Lipinski definition) is 5. The third-order valence-electron chi connectivity index (χ3n) is 6.85. The van der Waals surface area contributed by atoms with Crippen molar-refractivity contribution in [1.82, 2.24) is 0 Å². The molecule has 0 unspecified atom stereocenters. The van der Waals surface area contributed by atoms with Gasteiger partial charge in [0.05, 0.1) is 31.0 Å². The Labute approximate surface area is 188 Å². The highest BCUT2D eigenvalue weighted by molar-refractivity contribution is 5.89. The van der Waals surface area contributed by atoms with Gasteiger partial charge in [0.1, 0.15) is 42.2 Å². The molecule has 0 amide bonds. The summed E-state index contributed by atoms with van der Waals surface area (Å²) in [4.78, 5) is 12.7. The van der Waals surface area contributed by atoms with Crippen molar-refractivity contribution in [1.29, 1.82) is 0 Å². The highest BCUT2D eigenvalue weighted by Gasteiger charge is 2.77. The Hall–Kier alpha value is -2.09. The van der Waals surface area contributed by atoms with E-state index in [2.05, 4.69) is 0 Å². The number of aliphatic hydroxyl groups is 5. The van der Waals surface area contributed by atoms with Gasteiger partial charge in [-0.25, -0.2) is 4.79 Å². The van der Waals surface area contributed by atoms with Crippen LogP contribution in [0.5, 0.6) is 0 Å². The van der Waals surface area contributed by atoms with Crippen LogP contribution in [0.2, 0.25) is 0 Å². The van der Waals surface area contributed by atoms with Crippen molar-refractivity contribution < 1.29 is 54.0 Å². The molecular formula is C22H26O11. The number of carbonyl (C=O) groups is 1. The van der Waals surface area contributed by atoms with E-state index in [0.717, 1.165) is 0 Å². The summed E-state index contributed by atoms with van der Waals surface area (Å²) in [6.45, 7) is -0.991. The van der Waals surface area contributed by atoms with Gasteiger partial charge in [-0.1, -0.05) is 18.2 Å². The molecule has 3 aliphatic heterocycles. The third-order valence-corrected chi connectivity index (χ3v) is 6.85. The summed E-state index contributed by atoms with van der Waals surface area (Å²) in [5.74, 6) is -1.58. The van der Waals surface area contributed by atoms with E-state index >= 15 is 0 Å². The molecule has 11 nitrogen and oxygen atoms in total. The van der Waals surface area contributed by atoms with Gasteiger partial charge in [0.15, 0.2) is 6.29 Å². The average Bonchev–Trinajstić information content (AvgIpc) is 3.52. The van der Waals surface area contributed by atoms with Gasteiger partial charge in [-0.15, -0.1) is 0 Å². The van der Waals surface area contributed by atoms with E-state index in [4.69, 9.17) is 23.7 Å². The smallest absolute Gasteiger partial charge is 0.338 e. The number of aliphatic hydroxyl groups excluding tert-OH is 5. The molecule has 33 heavy (non-hydrogen) atoms. The van der Waals surface area contributed by atoms with Crippen molar-refractivity contribution in [2.75, 3.05) is 13.2 Å². The molecule has 3 heterocycles. The lowest BCUT2D eigenvalue weighted by Gasteiger charge is -2.43. The molecule has 0 spiro atoms. The van der Waals surface area contributed by atoms with E-state index in [0.29, 0.717) is 5.56 Å². The molecule has 4 aliphatic rings. The minimum atomic E-state index is -1.62. The van der Waals surface area contributed by atoms with Crippen molar-refractivity contribution >= 4 is 5.97 Å². The molecule has 0 aromatic heterocycles. The van der Waals surface area contributed by atoms with Crippen molar-refractivity contribution in [2.24, 2.45) is 11.8 Å². The number of ether oxygens (including phenoxy) is 5. The second kappa shape index (κ2) is 8.60. The average molecular weight is 466 g/mol. The third kappa shape index (κ3) is 3.65. The SMILES string of the molecule is O=C(O[C@@H]1[C@H]2C=CO[C@H](O[C@H]3O[C@@H](CO)[C@H](O)[C@@H](O)[C@@H]3O)[C@H]2[C@]2(CO)O[C@H]12)c1ccccc1. The summed E-state index contributed by atoms with van der Waals surface area (Å²) in [6, 6.07) is 8.49. The summed E-state index contributed by atoms with van der Waals surface area (Å²) < 4.78 is 28.4. The van der Waals surface area contributed by atoms with Gasteiger partial charge in [0.2, 0.25) is 6.29 Å². The molecule has 0 bridgehead atoms. The fraction of sp³-hybridized carbons (Fsp3) is 0.591. The highest BCUT2D eigenvalue weighted by Crippen LogP contribution is 2.60. The largest absolute Gasteiger partial charge is 0.472 e. The second-order valence-electron chi connectivity index (χ2n) is 8.66. The maximum Gasteiger partial charge on any atom is 0.338 e. The molecule has 5 rings (SSSR count). The van der Waals surface area contributed by atoms with Crippen LogP contribution in [0.25, 0.3) is 0 Å². The van der Waals surface area contributed by atoms with Crippen LogP contribution >= 0.6 is 0 Å². The summed E-state index contributed by atoms with van der Waals surface area (Å²) >= 11 is 0. The first kappa shape index (κ1) is 22.7. The van der Waals surface area contributed by atoms with Crippen LogP contribution in [0.1, 0.15) is 10.4 Å². The minimum absolute atomic E-state index is 0.376. The first-order chi connectivity index (χ1) is 15.9. The molecule has 2 saturated heterocycles. The quantitative estimate of drug-likeness (QED) is 0.239. The van der Waals surface area contributed by atoms with Crippen molar-refractivity contribution in [2.45, 2.75) is 54.8 Å². The van der Waals surface area contributed by atoms with Gasteiger partial charge in [-0.2, -0.15) is 0 Å². The standard InChI is InChI=1S/C22H26O11/c23-8-12-14(25)15(26)16(27)21(30-12)32-20-13-11(6-7-29-20)17(18-22(13,9-24)33-18)31-19(28)10-4-2-1-3-5-10/h1-7,11-18,20-21,23-27H,8-9H2/t11-,12-,13-,14-,15+,16-,17+,18+,20+,21+,22-/m0/s1. The number of carbonyl (C=O) groups excluding carboxylic acids is 1. The summed E-state index contributed by atoms with van der Waals surface area (Å²) in [5.41, 5.74) is -0.711. The van der Waals surface area contributed by atoms with Gasteiger partial charge < -0.3 is 49.2 Å². The number of hydrogen-bond acceptors (Lipinski definition) is 11. The van der Waals surface area contributed by atoms with Crippen LogP contribution in [0, 0.1) is 11.8 Å². The van der Waals surface area contributed by atoms with Crippen LogP contribution in [0.4, 0.5) is 0 Å². The van der Waals surface area contributed by atoms with Crippen LogP contribution < -0.4 is 0 Å². The molecule has 0 radical (unpaired) electrons. The van der Waals surface area contributed by atoms with Gasteiger partial charge in [-0.05, 0) is 18.2 Å². The molecule has 1 aromatic rings. The maximum atomic E-state index is 12.7. The zero-order chi connectivity index (χ0) is 23.3. The van der Waals surface area contributed by atoms with Gasteiger partial charge in [-0.3, -0.25) is 0 Å². The Morgan fingerprint density at radius 3 is 2.48 bits per heavy atom. The Morgan fingerprint density at radius 2 is 1.79 bits per heavy atom. The Bertz CT molecular complexity index is 892. The van der Waals surface area contributed by atoms with Crippen LogP contribution in [0.15, 0.2) is 42.7 Å². The Balaban J connectivity index is 1.35. The predicted octanol–water partition coefficient (Wildman–Crippen LogP) is -1.73. The second-order valence-corrected chi connectivity index (χ2v) is 8.66. The molecule has 11 atom stereocenters. The molecule has 1 saturated carbocycles.